The summed E-state index contributed by atoms with van der Waals surface area (Å²) in [6, 6.07) is 11.1. The van der Waals surface area contributed by atoms with Crippen LogP contribution in [-0.2, 0) is 22.3 Å². The predicted octanol–water partition coefficient (Wildman–Crippen LogP) is 3.50. The van der Waals surface area contributed by atoms with Crippen LogP contribution in [0, 0.1) is 5.82 Å². The molecule has 2 aromatic carbocycles. The Hall–Kier alpha value is -2.49. The molecule has 0 bridgehead atoms. The van der Waals surface area contributed by atoms with Gasteiger partial charge in [-0.25, -0.2) is 12.8 Å². The Kier molecular flexibility index (Phi) is 5.97. The summed E-state index contributed by atoms with van der Waals surface area (Å²) >= 11 is 5.92. The lowest BCUT2D eigenvalue weighted by Gasteiger charge is -2.16. The second-order valence-electron chi connectivity index (χ2n) is 5.96. The molecule has 0 saturated heterocycles. The summed E-state index contributed by atoms with van der Waals surface area (Å²) in [7, 11) is -0.971. The third-order valence-corrected chi connectivity index (χ3v) is 6.10. The first-order chi connectivity index (χ1) is 13.3. The fraction of sp³-hybridized carbons (Fsp3) is 0.222. The Morgan fingerprint density at radius 1 is 1.25 bits per heavy atom. The average Bonchev–Trinajstić information content (AvgIpc) is 3.13. The van der Waals surface area contributed by atoms with Gasteiger partial charge < -0.3 is 9.26 Å². The summed E-state index contributed by atoms with van der Waals surface area (Å²) in [5.41, 5.74) is 0.580. The number of hydrogen-bond donors (Lipinski definition) is 0. The third-order valence-electron chi connectivity index (χ3n) is 4.02. The van der Waals surface area contributed by atoms with E-state index in [1.54, 1.807) is 31.4 Å². The van der Waals surface area contributed by atoms with Gasteiger partial charge >= 0.3 is 0 Å². The highest BCUT2D eigenvalue weighted by Crippen LogP contribution is 2.24. The molecule has 0 atom stereocenters. The first-order valence-corrected chi connectivity index (χ1v) is 10.1. The number of halogens is 2. The zero-order valence-corrected chi connectivity index (χ0v) is 16.7. The lowest BCUT2D eigenvalue weighted by molar-refractivity contribution is 0.336. The van der Waals surface area contributed by atoms with E-state index in [4.69, 9.17) is 20.9 Å². The van der Waals surface area contributed by atoms with E-state index in [0.29, 0.717) is 17.1 Å². The molecule has 0 unspecified atom stereocenters. The molecule has 0 aliphatic rings. The van der Waals surface area contributed by atoms with Gasteiger partial charge in [0, 0.05) is 23.2 Å². The summed E-state index contributed by atoms with van der Waals surface area (Å²) in [5.74, 6) is -0.223. The maximum Gasteiger partial charge on any atom is 0.242 e. The number of methoxy groups -OCH3 is 1. The minimum Gasteiger partial charge on any atom is -0.497 e. The number of sulfonamides is 1. The first-order valence-electron chi connectivity index (χ1n) is 8.14. The molecule has 0 fully saturated rings. The van der Waals surface area contributed by atoms with Gasteiger partial charge in [-0.3, -0.25) is 0 Å². The van der Waals surface area contributed by atoms with Crippen LogP contribution in [0.4, 0.5) is 4.39 Å². The van der Waals surface area contributed by atoms with Gasteiger partial charge in [0.05, 0.1) is 19.4 Å². The smallest absolute Gasteiger partial charge is 0.242 e. The molecule has 28 heavy (non-hydrogen) atoms. The quantitative estimate of drug-likeness (QED) is 0.576. The molecule has 0 aliphatic carbocycles. The predicted molar refractivity (Wildman–Crippen MR) is 102 cm³/mol. The molecule has 7 nitrogen and oxygen atoms in total. The fourth-order valence-corrected chi connectivity index (χ4v) is 3.94. The molecule has 10 heteroatoms. The molecule has 3 aromatic rings. The van der Waals surface area contributed by atoms with E-state index in [1.165, 1.54) is 19.2 Å². The van der Waals surface area contributed by atoms with E-state index in [0.717, 1.165) is 10.4 Å². The van der Waals surface area contributed by atoms with Crippen LogP contribution in [0.5, 0.6) is 5.75 Å². The molecule has 0 aliphatic heterocycles. The van der Waals surface area contributed by atoms with Gasteiger partial charge in [-0.05, 0) is 24.3 Å². The molecular formula is C18H17ClFN3O4S. The molecular weight excluding hydrogens is 409 g/mol. The van der Waals surface area contributed by atoms with Gasteiger partial charge in [-0.2, -0.15) is 9.29 Å². The zero-order valence-electron chi connectivity index (χ0n) is 15.1. The summed E-state index contributed by atoms with van der Waals surface area (Å²) in [6.45, 7) is -0.161. The van der Waals surface area contributed by atoms with Crippen LogP contribution in [0.1, 0.15) is 11.5 Å². The Morgan fingerprint density at radius 3 is 2.71 bits per heavy atom. The molecule has 148 valence electrons. The van der Waals surface area contributed by atoms with Gasteiger partial charge in [-0.1, -0.05) is 35.0 Å². The monoisotopic (exact) mass is 425 g/mol. The van der Waals surface area contributed by atoms with E-state index in [-0.39, 0.29) is 23.0 Å². The third kappa shape index (κ3) is 4.49. The van der Waals surface area contributed by atoms with E-state index >= 15 is 0 Å². The SMILES string of the molecule is COc1cccc(-c2noc(CN(C)S(=O)(=O)Cc3c(F)cccc3Cl)n2)c1. The van der Waals surface area contributed by atoms with Gasteiger partial charge in [0.25, 0.3) is 0 Å². The lowest BCUT2D eigenvalue weighted by atomic mass is 10.2. The van der Waals surface area contributed by atoms with Crippen molar-refractivity contribution in [3.63, 3.8) is 0 Å². The summed E-state index contributed by atoms with van der Waals surface area (Å²) < 4.78 is 50.3. The van der Waals surface area contributed by atoms with Crippen molar-refractivity contribution in [1.82, 2.24) is 14.4 Å². The molecule has 0 saturated carbocycles. The Labute approximate surface area is 166 Å². The highest BCUT2D eigenvalue weighted by molar-refractivity contribution is 7.88. The second-order valence-corrected chi connectivity index (χ2v) is 8.44. The van der Waals surface area contributed by atoms with E-state index < -0.39 is 21.6 Å². The van der Waals surface area contributed by atoms with Crippen LogP contribution in [0.3, 0.4) is 0 Å². The highest BCUT2D eigenvalue weighted by atomic mass is 35.5. The maximum atomic E-state index is 13.9. The average molecular weight is 426 g/mol. The molecule has 0 amide bonds. The summed E-state index contributed by atoms with van der Waals surface area (Å²) in [6.07, 6.45) is 0. The maximum absolute atomic E-state index is 13.9. The van der Waals surface area contributed by atoms with Crippen LogP contribution < -0.4 is 4.74 Å². The fourth-order valence-electron chi connectivity index (χ4n) is 2.45. The van der Waals surface area contributed by atoms with Crippen LogP contribution in [0.2, 0.25) is 5.02 Å². The normalized spacial score (nSPS) is 11.8. The summed E-state index contributed by atoms with van der Waals surface area (Å²) in [4.78, 5) is 4.21. The van der Waals surface area contributed by atoms with E-state index in [1.807, 2.05) is 0 Å². The minimum atomic E-state index is -3.86. The van der Waals surface area contributed by atoms with Crippen molar-refractivity contribution in [3.8, 4) is 17.1 Å². The van der Waals surface area contributed by atoms with Crippen molar-refractivity contribution in [1.29, 1.82) is 0 Å². The molecule has 1 aromatic heterocycles. The van der Waals surface area contributed by atoms with Crippen LogP contribution in [0.25, 0.3) is 11.4 Å². The van der Waals surface area contributed by atoms with Crippen LogP contribution >= 0.6 is 11.6 Å². The molecule has 1 heterocycles. The van der Waals surface area contributed by atoms with Gasteiger partial charge in [0.15, 0.2) is 0 Å². The number of nitrogens with zero attached hydrogens (tertiary/aromatic N) is 3. The Balaban J connectivity index is 1.75. The number of hydrogen-bond acceptors (Lipinski definition) is 6. The van der Waals surface area contributed by atoms with Gasteiger partial charge in [0.1, 0.15) is 11.6 Å². The largest absolute Gasteiger partial charge is 0.497 e. The molecule has 0 N–H and O–H groups in total. The number of ether oxygens (including phenoxy) is 1. The van der Waals surface area contributed by atoms with Gasteiger partial charge in [0.2, 0.25) is 21.7 Å². The molecule has 3 rings (SSSR count). The number of aromatic nitrogens is 2. The summed E-state index contributed by atoms with van der Waals surface area (Å²) in [5, 5.41) is 3.92. The number of rotatable bonds is 7. The van der Waals surface area contributed by atoms with Crippen LogP contribution in [-0.4, -0.2) is 37.0 Å². The van der Waals surface area contributed by atoms with Crippen molar-refractivity contribution in [3.05, 3.63) is 64.8 Å². The van der Waals surface area contributed by atoms with Crippen molar-refractivity contribution < 1.29 is 22.1 Å². The first kappa shape index (κ1) is 20.2. The standard InChI is InChI=1S/C18H17ClFN3O4S/c1-23(28(24,25)11-14-15(19)7-4-8-16(14)20)10-17-21-18(22-27-17)12-5-3-6-13(9-12)26-2/h3-9H,10-11H2,1-2H3. The lowest BCUT2D eigenvalue weighted by Crippen LogP contribution is -2.28. The Morgan fingerprint density at radius 2 is 2.00 bits per heavy atom. The Bertz CT molecular complexity index is 1070. The van der Waals surface area contributed by atoms with Crippen LogP contribution in [0.15, 0.2) is 47.0 Å². The van der Waals surface area contributed by atoms with E-state index in [2.05, 4.69) is 10.1 Å². The second kappa shape index (κ2) is 8.26. The topological polar surface area (TPSA) is 85.5 Å². The number of benzene rings is 2. The van der Waals surface area contributed by atoms with Gasteiger partial charge in [-0.15, -0.1) is 0 Å². The molecule has 0 radical (unpaired) electrons. The van der Waals surface area contributed by atoms with Crippen molar-refractivity contribution in [2.75, 3.05) is 14.2 Å². The zero-order chi connectivity index (χ0) is 20.3. The van der Waals surface area contributed by atoms with Crippen molar-refractivity contribution in [2.24, 2.45) is 0 Å². The van der Waals surface area contributed by atoms with E-state index in [9.17, 15) is 12.8 Å². The van der Waals surface area contributed by atoms with Crippen molar-refractivity contribution in [2.45, 2.75) is 12.3 Å². The highest BCUT2D eigenvalue weighted by Gasteiger charge is 2.24. The minimum absolute atomic E-state index is 0.0510. The van der Waals surface area contributed by atoms with Crippen molar-refractivity contribution >= 4 is 21.6 Å². The molecule has 0 spiro atoms.